The second kappa shape index (κ2) is 4.30. The van der Waals surface area contributed by atoms with E-state index < -0.39 is 0 Å². The van der Waals surface area contributed by atoms with Crippen molar-refractivity contribution in [3.63, 3.8) is 0 Å². The summed E-state index contributed by atoms with van der Waals surface area (Å²) in [6, 6.07) is 0. The van der Waals surface area contributed by atoms with Crippen molar-refractivity contribution >= 4 is 5.91 Å². The van der Waals surface area contributed by atoms with Crippen molar-refractivity contribution in [2.24, 2.45) is 5.92 Å². The lowest BCUT2D eigenvalue weighted by atomic mass is 9.85. The van der Waals surface area contributed by atoms with Crippen LogP contribution in [-0.2, 0) is 4.79 Å². The highest BCUT2D eigenvalue weighted by molar-refractivity contribution is 5.73. The van der Waals surface area contributed by atoms with Gasteiger partial charge >= 0.3 is 0 Å². The highest BCUT2D eigenvalue weighted by Gasteiger charge is 2.24. The highest BCUT2D eigenvalue weighted by Crippen LogP contribution is 2.27. The van der Waals surface area contributed by atoms with Gasteiger partial charge in [0.25, 0.3) is 0 Å². The summed E-state index contributed by atoms with van der Waals surface area (Å²) < 4.78 is 0. The first kappa shape index (κ1) is 9.97. The van der Waals surface area contributed by atoms with E-state index in [9.17, 15) is 4.79 Å². The molecule has 3 nitrogen and oxygen atoms in total. The summed E-state index contributed by atoms with van der Waals surface area (Å²) >= 11 is 0. The second-order valence-corrected chi connectivity index (χ2v) is 4.60. The van der Waals surface area contributed by atoms with Gasteiger partial charge in [-0.15, -0.1) is 0 Å². The van der Waals surface area contributed by atoms with E-state index in [1.54, 1.807) is 6.92 Å². The maximum atomic E-state index is 11.1. The zero-order chi connectivity index (χ0) is 9.97. The number of hydrogen-bond acceptors (Lipinski definition) is 2. The molecule has 2 aliphatic rings. The average Bonchev–Trinajstić information content (AvgIpc) is 2.12. The number of rotatable bonds is 2. The lowest BCUT2D eigenvalue weighted by Crippen LogP contribution is -2.49. The van der Waals surface area contributed by atoms with E-state index in [2.05, 4.69) is 4.90 Å². The van der Waals surface area contributed by atoms with Crippen LogP contribution in [0.25, 0.3) is 0 Å². The number of nitrogens with zero attached hydrogens (tertiary/aromatic N) is 2. The average molecular weight is 196 g/mol. The predicted octanol–water partition coefficient (Wildman–Crippen LogP) is 0.951. The topological polar surface area (TPSA) is 23.6 Å². The Morgan fingerprint density at radius 1 is 1.21 bits per heavy atom. The molecule has 0 spiro atoms. The van der Waals surface area contributed by atoms with Gasteiger partial charge in [0.2, 0.25) is 5.91 Å². The standard InChI is InChI=1S/C11H20N2O/c1-10(14)13-7-5-12(6-8-13)9-11-3-2-4-11/h11H,2-9H2,1H3. The molecule has 1 aliphatic carbocycles. The first-order valence-electron chi connectivity index (χ1n) is 5.73. The Bertz CT molecular complexity index is 205. The molecule has 1 saturated heterocycles. The summed E-state index contributed by atoms with van der Waals surface area (Å²) in [5, 5.41) is 0. The molecule has 1 heterocycles. The highest BCUT2D eigenvalue weighted by atomic mass is 16.2. The molecular weight excluding hydrogens is 176 g/mol. The molecule has 3 heteroatoms. The van der Waals surface area contributed by atoms with Gasteiger partial charge in [-0.1, -0.05) is 6.42 Å². The molecule has 0 bridgehead atoms. The molecule has 0 atom stereocenters. The van der Waals surface area contributed by atoms with E-state index in [-0.39, 0.29) is 5.91 Å². The fourth-order valence-electron chi connectivity index (χ4n) is 2.29. The van der Waals surface area contributed by atoms with Crippen LogP contribution in [0.1, 0.15) is 26.2 Å². The first-order chi connectivity index (χ1) is 6.75. The van der Waals surface area contributed by atoms with Gasteiger partial charge in [-0.3, -0.25) is 9.69 Å². The van der Waals surface area contributed by atoms with Crippen molar-refractivity contribution in [3.05, 3.63) is 0 Å². The third-order valence-electron chi connectivity index (χ3n) is 3.56. The fourth-order valence-corrected chi connectivity index (χ4v) is 2.29. The fraction of sp³-hybridized carbons (Fsp3) is 0.909. The molecule has 0 radical (unpaired) electrons. The summed E-state index contributed by atoms with van der Waals surface area (Å²) in [7, 11) is 0. The van der Waals surface area contributed by atoms with E-state index in [0.29, 0.717) is 0 Å². The van der Waals surface area contributed by atoms with Crippen molar-refractivity contribution in [2.45, 2.75) is 26.2 Å². The summed E-state index contributed by atoms with van der Waals surface area (Å²) in [6.45, 7) is 6.96. The van der Waals surface area contributed by atoms with Crippen LogP contribution in [-0.4, -0.2) is 48.4 Å². The van der Waals surface area contributed by atoms with Crippen molar-refractivity contribution in [1.29, 1.82) is 0 Å². The molecular formula is C11H20N2O. The Kier molecular flexibility index (Phi) is 3.06. The number of carbonyl (C=O) groups is 1. The zero-order valence-corrected chi connectivity index (χ0v) is 9.04. The van der Waals surface area contributed by atoms with Crippen LogP contribution in [0.2, 0.25) is 0 Å². The van der Waals surface area contributed by atoms with Crippen LogP contribution in [0.4, 0.5) is 0 Å². The van der Waals surface area contributed by atoms with Crippen molar-refractivity contribution in [2.75, 3.05) is 32.7 Å². The predicted molar refractivity (Wildman–Crippen MR) is 56.0 cm³/mol. The van der Waals surface area contributed by atoms with E-state index >= 15 is 0 Å². The monoisotopic (exact) mass is 196 g/mol. The van der Waals surface area contributed by atoms with E-state index in [1.165, 1.54) is 25.8 Å². The smallest absolute Gasteiger partial charge is 0.219 e. The Morgan fingerprint density at radius 2 is 1.86 bits per heavy atom. The van der Waals surface area contributed by atoms with E-state index in [1.807, 2.05) is 4.90 Å². The number of carbonyl (C=O) groups excluding carboxylic acids is 1. The zero-order valence-electron chi connectivity index (χ0n) is 9.04. The third kappa shape index (κ3) is 2.27. The molecule has 0 aromatic carbocycles. The summed E-state index contributed by atoms with van der Waals surface area (Å²) in [5.41, 5.74) is 0. The normalized spacial score (nSPS) is 24.8. The van der Waals surface area contributed by atoms with Gasteiger partial charge in [-0.25, -0.2) is 0 Å². The molecule has 0 N–H and O–H groups in total. The summed E-state index contributed by atoms with van der Waals surface area (Å²) in [4.78, 5) is 15.6. The third-order valence-corrected chi connectivity index (χ3v) is 3.56. The minimum absolute atomic E-state index is 0.230. The van der Waals surface area contributed by atoms with Gasteiger partial charge in [0.1, 0.15) is 0 Å². The Labute approximate surface area is 86.1 Å². The van der Waals surface area contributed by atoms with Crippen LogP contribution < -0.4 is 0 Å². The first-order valence-corrected chi connectivity index (χ1v) is 5.73. The van der Waals surface area contributed by atoms with Gasteiger partial charge in [-0.05, 0) is 18.8 Å². The molecule has 1 saturated carbocycles. The Hall–Kier alpha value is -0.570. The van der Waals surface area contributed by atoms with Gasteiger partial charge in [0.05, 0.1) is 0 Å². The van der Waals surface area contributed by atoms with Gasteiger partial charge in [0.15, 0.2) is 0 Å². The van der Waals surface area contributed by atoms with Gasteiger partial charge in [-0.2, -0.15) is 0 Å². The number of hydrogen-bond donors (Lipinski definition) is 0. The maximum absolute atomic E-state index is 11.1. The molecule has 0 unspecified atom stereocenters. The van der Waals surface area contributed by atoms with Gasteiger partial charge < -0.3 is 4.90 Å². The second-order valence-electron chi connectivity index (χ2n) is 4.60. The van der Waals surface area contributed by atoms with Crippen LogP contribution >= 0.6 is 0 Å². The number of amides is 1. The van der Waals surface area contributed by atoms with Crippen molar-refractivity contribution < 1.29 is 4.79 Å². The van der Waals surface area contributed by atoms with E-state index in [4.69, 9.17) is 0 Å². The van der Waals surface area contributed by atoms with Crippen LogP contribution in [0, 0.1) is 5.92 Å². The quantitative estimate of drug-likeness (QED) is 0.656. The number of piperazine rings is 1. The largest absolute Gasteiger partial charge is 0.340 e. The molecule has 2 fully saturated rings. The summed E-state index contributed by atoms with van der Waals surface area (Å²) in [5.74, 6) is 1.19. The van der Waals surface area contributed by atoms with Gasteiger partial charge in [0, 0.05) is 39.6 Å². The lowest BCUT2D eigenvalue weighted by molar-refractivity contribution is -0.130. The molecule has 2 rings (SSSR count). The van der Waals surface area contributed by atoms with Crippen LogP contribution in [0.3, 0.4) is 0 Å². The molecule has 0 aromatic rings. The minimum atomic E-state index is 0.230. The molecule has 0 aromatic heterocycles. The SMILES string of the molecule is CC(=O)N1CCN(CC2CCC2)CC1. The molecule has 1 aliphatic heterocycles. The molecule has 1 amide bonds. The van der Waals surface area contributed by atoms with Crippen LogP contribution in [0.15, 0.2) is 0 Å². The van der Waals surface area contributed by atoms with E-state index in [0.717, 1.165) is 32.1 Å². The van der Waals surface area contributed by atoms with Crippen molar-refractivity contribution in [1.82, 2.24) is 9.80 Å². The lowest BCUT2D eigenvalue weighted by Gasteiger charge is -2.38. The Balaban J connectivity index is 1.69. The summed E-state index contributed by atoms with van der Waals surface area (Å²) in [6.07, 6.45) is 4.28. The minimum Gasteiger partial charge on any atom is -0.340 e. The maximum Gasteiger partial charge on any atom is 0.219 e. The van der Waals surface area contributed by atoms with Crippen molar-refractivity contribution in [3.8, 4) is 0 Å². The molecule has 14 heavy (non-hydrogen) atoms. The molecule has 80 valence electrons. The van der Waals surface area contributed by atoms with Crippen LogP contribution in [0.5, 0.6) is 0 Å². The Morgan fingerprint density at radius 3 is 2.29 bits per heavy atom.